The summed E-state index contributed by atoms with van der Waals surface area (Å²) >= 11 is 0. The number of amides is 1. The molecule has 0 saturated carbocycles. The molecule has 3 heterocycles. The molecule has 26 heavy (non-hydrogen) atoms. The monoisotopic (exact) mass is 354 g/mol. The Kier molecular flexibility index (Phi) is 4.92. The largest absolute Gasteiger partial charge is 0.378 e. The summed E-state index contributed by atoms with van der Waals surface area (Å²) in [6.07, 6.45) is 5.76. The highest BCUT2D eigenvalue weighted by Crippen LogP contribution is 2.36. The summed E-state index contributed by atoms with van der Waals surface area (Å²) in [5.74, 6) is 0.0998. The fourth-order valence-corrected chi connectivity index (χ4v) is 4.22. The molecule has 1 spiro atoms. The molecule has 138 valence electrons. The second-order valence-electron chi connectivity index (χ2n) is 7.30. The van der Waals surface area contributed by atoms with Crippen LogP contribution < -0.4 is 0 Å². The van der Waals surface area contributed by atoms with Crippen molar-refractivity contribution >= 4 is 16.8 Å². The number of rotatable bonds is 3. The molecule has 2 fully saturated rings. The standard InChI is InChI=1S/C21H26N2O3/c1-2-25-18-7-13-26-21(15-18)8-11-23(12-9-21)20(24)17-5-6-19-16(14-17)4-3-10-22-19/h3-6,10,14,18H,2,7-9,11-13,15H2,1H3. The first kappa shape index (κ1) is 17.4. The second kappa shape index (κ2) is 7.33. The zero-order valence-corrected chi connectivity index (χ0v) is 15.3. The lowest BCUT2D eigenvalue weighted by molar-refractivity contribution is -0.151. The van der Waals surface area contributed by atoms with Gasteiger partial charge in [-0.15, -0.1) is 0 Å². The Hall–Kier alpha value is -1.98. The van der Waals surface area contributed by atoms with Crippen molar-refractivity contribution in [1.29, 1.82) is 0 Å². The van der Waals surface area contributed by atoms with Crippen LogP contribution in [0.25, 0.3) is 10.9 Å². The lowest BCUT2D eigenvalue weighted by Gasteiger charge is -2.46. The molecule has 1 atom stereocenters. The number of nitrogens with zero attached hydrogens (tertiary/aromatic N) is 2. The average Bonchev–Trinajstić information content (AvgIpc) is 2.68. The topological polar surface area (TPSA) is 51.7 Å². The van der Waals surface area contributed by atoms with Crippen molar-refractivity contribution in [1.82, 2.24) is 9.88 Å². The quantitative estimate of drug-likeness (QED) is 0.847. The van der Waals surface area contributed by atoms with E-state index in [1.807, 2.05) is 42.2 Å². The van der Waals surface area contributed by atoms with Gasteiger partial charge in [-0.3, -0.25) is 9.78 Å². The van der Waals surface area contributed by atoms with E-state index in [1.165, 1.54) is 0 Å². The normalized spacial score (nSPS) is 22.7. The molecule has 1 aromatic heterocycles. The van der Waals surface area contributed by atoms with E-state index in [1.54, 1.807) is 6.20 Å². The zero-order valence-electron chi connectivity index (χ0n) is 15.3. The van der Waals surface area contributed by atoms with Gasteiger partial charge in [0, 0.05) is 49.9 Å². The SMILES string of the molecule is CCOC1CCOC2(CCN(C(=O)c3ccc4ncccc4c3)CC2)C1. The third-order valence-electron chi connectivity index (χ3n) is 5.66. The van der Waals surface area contributed by atoms with Gasteiger partial charge >= 0.3 is 0 Å². The van der Waals surface area contributed by atoms with Crippen molar-refractivity contribution < 1.29 is 14.3 Å². The molecule has 5 nitrogen and oxygen atoms in total. The van der Waals surface area contributed by atoms with Crippen molar-refractivity contribution in [3.8, 4) is 0 Å². The number of carbonyl (C=O) groups is 1. The first-order valence-electron chi connectivity index (χ1n) is 9.59. The molecular weight excluding hydrogens is 328 g/mol. The van der Waals surface area contributed by atoms with Crippen LogP contribution in [0.2, 0.25) is 0 Å². The van der Waals surface area contributed by atoms with E-state index in [2.05, 4.69) is 4.98 Å². The maximum atomic E-state index is 12.9. The summed E-state index contributed by atoms with van der Waals surface area (Å²) in [7, 11) is 0. The van der Waals surface area contributed by atoms with Crippen LogP contribution in [-0.2, 0) is 9.47 Å². The van der Waals surface area contributed by atoms with Crippen molar-refractivity contribution in [3.05, 3.63) is 42.1 Å². The van der Waals surface area contributed by atoms with E-state index < -0.39 is 0 Å². The maximum absolute atomic E-state index is 12.9. The molecule has 1 amide bonds. The predicted octanol–water partition coefficient (Wildman–Crippen LogP) is 3.43. The molecule has 2 aromatic rings. The number of hydrogen-bond donors (Lipinski definition) is 0. The number of hydrogen-bond acceptors (Lipinski definition) is 4. The van der Waals surface area contributed by atoms with Gasteiger partial charge in [-0.25, -0.2) is 0 Å². The Morgan fingerprint density at radius 2 is 2.19 bits per heavy atom. The Labute approximate surface area is 154 Å². The Bertz CT molecular complexity index is 782. The van der Waals surface area contributed by atoms with Gasteiger partial charge in [0.1, 0.15) is 0 Å². The van der Waals surface area contributed by atoms with Gasteiger partial charge in [-0.05, 0) is 50.5 Å². The fraction of sp³-hybridized carbons (Fsp3) is 0.524. The molecule has 1 unspecified atom stereocenters. The van der Waals surface area contributed by atoms with Gasteiger partial charge < -0.3 is 14.4 Å². The Balaban J connectivity index is 1.43. The number of ether oxygens (including phenoxy) is 2. The lowest BCUT2D eigenvalue weighted by atomic mass is 9.83. The highest BCUT2D eigenvalue weighted by molar-refractivity contribution is 5.98. The fourth-order valence-electron chi connectivity index (χ4n) is 4.22. The van der Waals surface area contributed by atoms with Crippen LogP contribution in [0.15, 0.2) is 36.5 Å². The summed E-state index contributed by atoms with van der Waals surface area (Å²) in [6.45, 7) is 5.03. The van der Waals surface area contributed by atoms with Gasteiger partial charge in [-0.2, -0.15) is 0 Å². The van der Waals surface area contributed by atoms with Crippen LogP contribution in [0.3, 0.4) is 0 Å². The predicted molar refractivity (Wildman–Crippen MR) is 100 cm³/mol. The lowest BCUT2D eigenvalue weighted by Crippen LogP contribution is -2.52. The summed E-state index contributed by atoms with van der Waals surface area (Å²) in [4.78, 5) is 19.2. The Morgan fingerprint density at radius 3 is 3.00 bits per heavy atom. The van der Waals surface area contributed by atoms with Crippen LogP contribution >= 0.6 is 0 Å². The molecule has 2 aliphatic heterocycles. The van der Waals surface area contributed by atoms with Crippen molar-refractivity contribution in [3.63, 3.8) is 0 Å². The summed E-state index contributed by atoms with van der Waals surface area (Å²) in [5.41, 5.74) is 1.54. The molecule has 0 radical (unpaired) electrons. The van der Waals surface area contributed by atoms with E-state index >= 15 is 0 Å². The number of carbonyl (C=O) groups excluding carboxylic acids is 1. The van der Waals surface area contributed by atoms with E-state index in [0.29, 0.717) is 6.10 Å². The molecule has 0 bridgehead atoms. The first-order chi connectivity index (χ1) is 12.7. The number of fused-ring (bicyclic) bond motifs is 1. The second-order valence-corrected chi connectivity index (χ2v) is 7.30. The third-order valence-corrected chi connectivity index (χ3v) is 5.66. The molecule has 5 heteroatoms. The van der Waals surface area contributed by atoms with Gasteiger partial charge in [0.15, 0.2) is 0 Å². The molecule has 4 rings (SSSR count). The molecule has 2 aliphatic rings. The van der Waals surface area contributed by atoms with Gasteiger partial charge in [0.2, 0.25) is 0 Å². The summed E-state index contributed by atoms with van der Waals surface area (Å²) in [5, 5.41) is 1.00. The number of benzene rings is 1. The average molecular weight is 354 g/mol. The molecular formula is C21H26N2O3. The Morgan fingerprint density at radius 1 is 1.35 bits per heavy atom. The molecule has 2 saturated heterocycles. The van der Waals surface area contributed by atoms with Crippen LogP contribution in [0.5, 0.6) is 0 Å². The van der Waals surface area contributed by atoms with E-state index in [9.17, 15) is 4.79 Å². The van der Waals surface area contributed by atoms with Crippen LogP contribution in [0, 0.1) is 0 Å². The number of pyridine rings is 1. The maximum Gasteiger partial charge on any atom is 0.253 e. The highest BCUT2D eigenvalue weighted by atomic mass is 16.5. The van der Waals surface area contributed by atoms with Crippen molar-refractivity contribution in [2.24, 2.45) is 0 Å². The van der Waals surface area contributed by atoms with Crippen molar-refractivity contribution in [2.75, 3.05) is 26.3 Å². The smallest absolute Gasteiger partial charge is 0.253 e. The molecule has 0 aliphatic carbocycles. The summed E-state index contributed by atoms with van der Waals surface area (Å²) in [6, 6.07) is 9.64. The van der Waals surface area contributed by atoms with Crippen LogP contribution in [-0.4, -0.2) is 53.8 Å². The van der Waals surface area contributed by atoms with Gasteiger partial charge in [-0.1, -0.05) is 6.07 Å². The van der Waals surface area contributed by atoms with Gasteiger partial charge in [0.05, 0.1) is 17.2 Å². The third kappa shape index (κ3) is 3.46. The summed E-state index contributed by atoms with van der Waals surface area (Å²) < 4.78 is 12.0. The van der Waals surface area contributed by atoms with E-state index in [-0.39, 0.29) is 11.5 Å². The van der Waals surface area contributed by atoms with E-state index in [4.69, 9.17) is 9.47 Å². The van der Waals surface area contributed by atoms with Crippen molar-refractivity contribution in [2.45, 2.75) is 44.3 Å². The zero-order chi connectivity index (χ0) is 18.0. The number of piperidine rings is 1. The highest BCUT2D eigenvalue weighted by Gasteiger charge is 2.41. The van der Waals surface area contributed by atoms with Crippen LogP contribution in [0.1, 0.15) is 43.0 Å². The number of aromatic nitrogens is 1. The van der Waals surface area contributed by atoms with Gasteiger partial charge in [0.25, 0.3) is 5.91 Å². The minimum Gasteiger partial charge on any atom is -0.378 e. The molecule has 1 aromatic carbocycles. The minimum absolute atomic E-state index is 0.0998. The number of likely N-dealkylation sites (tertiary alicyclic amines) is 1. The van der Waals surface area contributed by atoms with E-state index in [0.717, 1.165) is 68.5 Å². The first-order valence-corrected chi connectivity index (χ1v) is 9.59. The molecule has 0 N–H and O–H groups in total. The minimum atomic E-state index is -0.109. The van der Waals surface area contributed by atoms with Crippen LogP contribution in [0.4, 0.5) is 0 Å².